The Morgan fingerprint density at radius 1 is 1.00 bits per heavy atom. The van der Waals surface area contributed by atoms with Crippen LogP contribution >= 0.6 is 0 Å². The molecule has 0 aliphatic carbocycles. The van der Waals surface area contributed by atoms with Gasteiger partial charge in [-0.1, -0.05) is 18.2 Å². The van der Waals surface area contributed by atoms with Crippen LogP contribution in [0.4, 0.5) is 17.6 Å². The van der Waals surface area contributed by atoms with Crippen LogP contribution < -0.4 is 4.74 Å². The standard InChI is InChI=1S/C15H10F4O3/c1-21-14(20)12-8-10(4-7-13(12)16)9-2-5-11(6-3-9)22-15(17,18)19/h2-8H,1H3. The first kappa shape index (κ1) is 15.8. The third-order valence-corrected chi connectivity index (χ3v) is 2.79. The third kappa shape index (κ3) is 3.75. The normalized spacial score (nSPS) is 11.1. The summed E-state index contributed by atoms with van der Waals surface area (Å²) in [7, 11) is 1.12. The predicted octanol–water partition coefficient (Wildman–Crippen LogP) is 4.18. The van der Waals surface area contributed by atoms with Crippen molar-refractivity contribution in [3.8, 4) is 16.9 Å². The van der Waals surface area contributed by atoms with Crippen LogP contribution in [-0.4, -0.2) is 19.4 Å². The highest BCUT2D eigenvalue weighted by Crippen LogP contribution is 2.27. The monoisotopic (exact) mass is 314 g/mol. The van der Waals surface area contributed by atoms with Crippen molar-refractivity contribution in [3.63, 3.8) is 0 Å². The van der Waals surface area contributed by atoms with Crippen LogP contribution in [0.2, 0.25) is 0 Å². The molecular weight excluding hydrogens is 304 g/mol. The van der Waals surface area contributed by atoms with Gasteiger partial charge in [-0.05, 0) is 35.4 Å². The van der Waals surface area contributed by atoms with Crippen molar-refractivity contribution in [2.24, 2.45) is 0 Å². The summed E-state index contributed by atoms with van der Waals surface area (Å²) in [4.78, 5) is 11.4. The summed E-state index contributed by atoms with van der Waals surface area (Å²) < 4.78 is 58.0. The molecule has 0 aromatic heterocycles. The summed E-state index contributed by atoms with van der Waals surface area (Å²) in [5.41, 5.74) is 0.704. The zero-order valence-corrected chi connectivity index (χ0v) is 11.3. The topological polar surface area (TPSA) is 35.5 Å². The molecule has 2 aromatic carbocycles. The summed E-state index contributed by atoms with van der Waals surface area (Å²) in [6.07, 6.45) is -4.77. The summed E-state index contributed by atoms with van der Waals surface area (Å²) in [6.45, 7) is 0. The fraction of sp³-hybridized carbons (Fsp3) is 0.133. The molecule has 0 aliphatic rings. The number of hydrogen-bond acceptors (Lipinski definition) is 3. The Hall–Kier alpha value is -2.57. The van der Waals surface area contributed by atoms with E-state index < -0.39 is 18.1 Å². The van der Waals surface area contributed by atoms with Crippen molar-refractivity contribution >= 4 is 5.97 Å². The van der Waals surface area contributed by atoms with Crippen molar-refractivity contribution < 1.29 is 31.8 Å². The first-order chi connectivity index (χ1) is 10.3. The van der Waals surface area contributed by atoms with Gasteiger partial charge in [0.25, 0.3) is 0 Å². The molecule has 0 atom stereocenters. The fourth-order valence-electron chi connectivity index (χ4n) is 1.82. The molecule has 2 rings (SSSR count). The molecule has 2 aromatic rings. The van der Waals surface area contributed by atoms with E-state index in [-0.39, 0.29) is 11.3 Å². The quantitative estimate of drug-likeness (QED) is 0.630. The lowest BCUT2D eigenvalue weighted by Gasteiger charge is -2.10. The van der Waals surface area contributed by atoms with E-state index in [1.165, 1.54) is 24.3 Å². The number of ether oxygens (including phenoxy) is 2. The zero-order chi connectivity index (χ0) is 16.3. The summed E-state index contributed by atoms with van der Waals surface area (Å²) in [5, 5.41) is 0. The highest BCUT2D eigenvalue weighted by molar-refractivity contribution is 5.91. The van der Waals surface area contributed by atoms with E-state index in [0.29, 0.717) is 11.1 Å². The van der Waals surface area contributed by atoms with Crippen molar-refractivity contribution in [2.45, 2.75) is 6.36 Å². The van der Waals surface area contributed by atoms with E-state index in [1.54, 1.807) is 0 Å². The van der Waals surface area contributed by atoms with E-state index in [0.717, 1.165) is 25.3 Å². The highest BCUT2D eigenvalue weighted by Gasteiger charge is 2.30. The van der Waals surface area contributed by atoms with E-state index in [1.807, 2.05) is 0 Å². The molecule has 0 N–H and O–H groups in total. The Bertz CT molecular complexity index is 678. The lowest BCUT2D eigenvalue weighted by atomic mass is 10.0. The maximum Gasteiger partial charge on any atom is 0.573 e. The van der Waals surface area contributed by atoms with Crippen molar-refractivity contribution in [3.05, 3.63) is 53.8 Å². The molecule has 0 fully saturated rings. The van der Waals surface area contributed by atoms with Crippen LogP contribution in [0.15, 0.2) is 42.5 Å². The van der Waals surface area contributed by atoms with Gasteiger partial charge in [0.2, 0.25) is 0 Å². The van der Waals surface area contributed by atoms with Gasteiger partial charge in [0.05, 0.1) is 12.7 Å². The number of hydrogen-bond donors (Lipinski definition) is 0. The Kier molecular flexibility index (Phi) is 4.35. The van der Waals surface area contributed by atoms with Gasteiger partial charge in [-0.25, -0.2) is 9.18 Å². The SMILES string of the molecule is COC(=O)c1cc(-c2ccc(OC(F)(F)F)cc2)ccc1F. The van der Waals surface area contributed by atoms with Gasteiger partial charge in [0.1, 0.15) is 11.6 Å². The van der Waals surface area contributed by atoms with Gasteiger partial charge < -0.3 is 9.47 Å². The first-order valence-corrected chi connectivity index (χ1v) is 6.04. The number of methoxy groups -OCH3 is 1. The van der Waals surface area contributed by atoms with E-state index >= 15 is 0 Å². The van der Waals surface area contributed by atoms with Crippen LogP contribution in [0.25, 0.3) is 11.1 Å². The molecule has 0 saturated carbocycles. The molecule has 22 heavy (non-hydrogen) atoms. The van der Waals surface area contributed by atoms with E-state index in [4.69, 9.17) is 0 Å². The maximum atomic E-state index is 13.5. The molecule has 0 aliphatic heterocycles. The highest BCUT2D eigenvalue weighted by atomic mass is 19.4. The second kappa shape index (κ2) is 6.05. The molecule has 0 spiro atoms. The number of benzene rings is 2. The number of halogens is 4. The van der Waals surface area contributed by atoms with Gasteiger partial charge in [-0.15, -0.1) is 13.2 Å². The van der Waals surface area contributed by atoms with Gasteiger partial charge in [0.15, 0.2) is 0 Å². The lowest BCUT2D eigenvalue weighted by molar-refractivity contribution is -0.274. The minimum absolute atomic E-state index is 0.254. The largest absolute Gasteiger partial charge is 0.573 e. The molecule has 0 heterocycles. The summed E-state index contributed by atoms with van der Waals surface area (Å²) in [6, 6.07) is 8.75. The fourth-order valence-corrected chi connectivity index (χ4v) is 1.82. The summed E-state index contributed by atoms with van der Waals surface area (Å²) in [5.74, 6) is -1.95. The maximum absolute atomic E-state index is 13.5. The van der Waals surface area contributed by atoms with Gasteiger partial charge >= 0.3 is 12.3 Å². The van der Waals surface area contributed by atoms with Crippen molar-refractivity contribution in [1.82, 2.24) is 0 Å². The number of carbonyl (C=O) groups excluding carboxylic acids is 1. The molecule has 3 nitrogen and oxygen atoms in total. The average molecular weight is 314 g/mol. The molecule has 116 valence electrons. The van der Waals surface area contributed by atoms with Gasteiger partial charge in [-0.2, -0.15) is 0 Å². The molecule has 0 amide bonds. The second-order valence-corrected chi connectivity index (χ2v) is 4.26. The Labute approximate surface area is 123 Å². The van der Waals surface area contributed by atoms with Crippen molar-refractivity contribution in [2.75, 3.05) is 7.11 Å². The van der Waals surface area contributed by atoms with Crippen LogP contribution in [0.3, 0.4) is 0 Å². The number of alkyl halides is 3. The van der Waals surface area contributed by atoms with Crippen LogP contribution in [-0.2, 0) is 4.74 Å². The lowest BCUT2D eigenvalue weighted by Crippen LogP contribution is -2.16. The minimum Gasteiger partial charge on any atom is -0.465 e. The summed E-state index contributed by atoms with van der Waals surface area (Å²) >= 11 is 0. The van der Waals surface area contributed by atoms with Crippen LogP contribution in [0.5, 0.6) is 5.75 Å². The molecule has 0 radical (unpaired) electrons. The Morgan fingerprint density at radius 2 is 1.59 bits per heavy atom. The molecule has 7 heteroatoms. The van der Waals surface area contributed by atoms with Crippen molar-refractivity contribution in [1.29, 1.82) is 0 Å². The molecule has 0 unspecified atom stereocenters. The van der Waals surface area contributed by atoms with Gasteiger partial charge in [0, 0.05) is 0 Å². The Morgan fingerprint density at radius 3 is 2.14 bits per heavy atom. The van der Waals surface area contributed by atoms with Crippen LogP contribution in [0.1, 0.15) is 10.4 Å². The number of carbonyl (C=O) groups is 1. The second-order valence-electron chi connectivity index (χ2n) is 4.26. The number of rotatable bonds is 3. The number of esters is 1. The van der Waals surface area contributed by atoms with Crippen LogP contribution in [0, 0.1) is 5.82 Å². The van der Waals surface area contributed by atoms with E-state index in [2.05, 4.69) is 9.47 Å². The molecule has 0 bridgehead atoms. The first-order valence-electron chi connectivity index (χ1n) is 6.04. The smallest absolute Gasteiger partial charge is 0.465 e. The van der Waals surface area contributed by atoms with Gasteiger partial charge in [-0.3, -0.25) is 0 Å². The third-order valence-electron chi connectivity index (χ3n) is 2.79. The Balaban J connectivity index is 2.31. The molecule has 0 saturated heterocycles. The average Bonchev–Trinajstić information content (AvgIpc) is 2.46. The minimum atomic E-state index is -4.77. The molecular formula is C15H10F4O3. The predicted molar refractivity (Wildman–Crippen MR) is 69.9 cm³/mol. The van der Waals surface area contributed by atoms with E-state index in [9.17, 15) is 22.4 Å². The zero-order valence-electron chi connectivity index (χ0n) is 11.3.